The van der Waals surface area contributed by atoms with E-state index in [-0.39, 0.29) is 16.9 Å². The zero-order valence-corrected chi connectivity index (χ0v) is 13.3. The van der Waals surface area contributed by atoms with Crippen LogP contribution in [0.1, 0.15) is 13.8 Å². The van der Waals surface area contributed by atoms with Gasteiger partial charge in [0.2, 0.25) is 15.9 Å². The van der Waals surface area contributed by atoms with Crippen molar-refractivity contribution in [3.05, 3.63) is 30.1 Å². The van der Waals surface area contributed by atoms with Crippen molar-refractivity contribution < 1.29 is 22.3 Å². The van der Waals surface area contributed by atoms with Crippen LogP contribution in [-0.4, -0.2) is 51.1 Å². The first-order valence-corrected chi connectivity index (χ1v) is 8.46. The van der Waals surface area contributed by atoms with E-state index < -0.39 is 21.9 Å². The van der Waals surface area contributed by atoms with Crippen molar-refractivity contribution in [2.45, 2.75) is 30.9 Å². The van der Waals surface area contributed by atoms with E-state index in [1.54, 1.807) is 4.90 Å². The summed E-state index contributed by atoms with van der Waals surface area (Å²) in [4.78, 5) is 13.8. The summed E-state index contributed by atoms with van der Waals surface area (Å²) < 4.78 is 44.9. The fraction of sp³-hybridized carbons (Fsp3) is 0.500. The summed E-state index contributed by atoms with van der Waals surface area (Å²) in [6.45, 7) is 4.65. The van der Waals surface area contributed by atoms with E-state index >= 15 is 0 Å². The molecule has 2 unspecified atom stereocenters. The van der Waals surface area contributed by atoms with Gasteiger partial charge in [0, 0.05) is 13.1 Å². The second-order valence-electron chi connectivity index (χ2n) is 5.26. The van der Waals surface area contributed by atoms with Crippen LogP contribution in [-0.2, 0) is 19.6 Å². The Morgan fingerprint density at radius 2 is 2.05 bits per heavy atom. The molecule has 0 aromatic heterocycles. The standard InChI is InChI=1S/C14H19FN2O4S/c1-10-9-17(7-8-21-10)14(18)11(2)16-22(19,20)13-5-3-12(15)4-6-13/h3-6,10-11,16H,7-9H2,1-2H3. The number of rotatable bonds is 4. The molecule has 122 valence electrons. The van der Waals surface area contributed by atoms with Gasteiger partial charge in [0.1, 0.15) is 5.82 Å². The number of ether oxygens (including phenoxy) is 1. The van der Waals surface area contributed by atoms with Gasteiger partial charge < -0.3 is 9.64 Å². The Kier molecular flexibility index (Phi) is 5.15. The topological polar surface area (TPSA) is 75.7 Å². The number of nitrogens with zero attached hydrogens (tertiary/aromatic N) is 1. The molecule has 1 aromatic carbocycles. The van der Waals surface area contributed by atoms with Crippen LogP contribution in [0, 0.1) is 5.82 Å². The number of sulfonamides is 1. The van der Waals surface area contributed by atoms with Gasteiger partial charge in [-0.2, -0.15) is 4.72 Å². The van der Waals surface area contributed by atoms with Crippen LogP contribution < -0.4 is 4.72 Å². The third-order valence-corrected chi connectivity index (χ3v) is 4.94. The smallest absolute Gasteiger partial charge is 0.241 e. The average Bonchev–Trinajstić information content (AvgIpc) is 2.46. The van der Waals surface area contributed by atoms with Gasteiger partial charge in [0.05, 0.1) is 23.6 Å². The Morgan fingerprint density at radius 1 is 1.41 bits per heavy atom. The second kappa shape index (κ2) is 6.72. The Hall–Kier alpha value is -1.51. The second-order valence-corrected chi connectivity index (χ2v) is 6.98. The number of hydrogen-bond donors (Lipinski definition) is 1. The van der Waals surface area contributed by atoms with Crippen molar-refractivity contribution in [1.82, 2.24) is 9.62 Å². The molecule has 2 rings (SSSR count). The lowest BCUT2D eigenvalue weighted by molar-refractivity contribution is -0.139. The first-order chi connectivity index (χ1) is 10.3. The molecule has 0 spiro atoms. The number of carbonyl (C=O) groups is 1. The number of morpholine rings is 1. The Morgan fingerprint density at radius 3 is 2.64 bits per heavy atom. The van der Waals surface area contributed by atoms with Gasteiger partial charge in [0.15, 0.2) is 0 Å². The van der Waals surface area contributed by atoms with Crippen molar-refractivity contribution in [3.8, 4) is 0 Å². The number of amides is 1. The van der Waals surface area contributed by atoms with Gasteiger partial charge in [-0.1, -0.05) is 0 Å². The van der Waals surface area contributed by atoms with Crippen molar-refractivity contribution in [2.75, 3.05) is 19.7 Å². The van der Waals surface area contributed by atoms with E-state index in [1.807, 2.05) is 6.92 Å². The van der Waals surface area contributed by atoms with E-state index in [0.717, 1.165) is 24.3 Å². The highest BCUT2D eigenvalue weighted by Gasteiger charge is 2.28. The predicted molar refractivity (Wildman–Crippen MR) is 78.2 cm³/mol. The third-order valence-electron chi connectivity index (χ3n) is 3.38. The molecule has 1 aliphatic heterocycles. The summed E-state index contributed by atoms with van der Waals surface area (Å²) >= 11 is 0. The number of carbonyl (C=O) groups excluding carboxylic acids is 1. The summed E-state index contributed by atoms with van der Waals surface area (Å²) in [6.07, 6.45) is -0.0707. The molecule has 0 bridgehead atoms. The van der Waals surface area contributed by atoms with Crippen LogP contribution >= 0.6 is 0 Å². The Balaban J connectivity index is 2.05. The molecule has 1 aromatic rings. The molecule has 0 saturated carbocycles. The monoisotopic (exact) mass is 330 g/mol. The lowest BCUT2D eigenvalue weighted by Gasteiger charge is -2.33. The fourth-order valence-electron chi connectivity index (χ4n) is 2.26. The quantitative estimate of drug-likeness (QED) is 0.883. The normalized spacial score (nSPS) is 20.7. The maximum absolute atomic E-state index is 12.9. The minimum Gasteiger partial charge on any atom is -0.375 e. The molecule has 0 aliphatic carbocycles. The van der Waals surface area contributed by atoms with Gasteiger partial charge in [-0.3, -0.25) is 4.79 Å². The van der Waals surface area contributed by atoms with Crippen LogP contribution in [0.5, 0.6) is 0 Å². The van der Waals surface area contributed by atoms with Crippen LogP contribution in [0.2, 0.25) is 0 Å². The van der Waals surface area contributed by atoms with Crippen LogP contribution in [0.4, 0.5) is 4.39 Å². The highest BCUT2D eigenvalue weighted by Crippen LogP contribution is 2.12. The number of halogens is 1. The summed E-state index contributed by atoms with van der Waals surface area (Å²) in [6, 6.07) is 3.53. The molecule has 1 fully saturated rings. The number of benzene rings is 1. The summed E-state index contributed by atoms with van der Waals surface area (Å²) in [5, 5.41) is 0. The molecule has 6 nitrogen and oxygen atoms in total. The van der Waals surface area contributed by atoms with Gasteiger partial charge in [-0.15, -0.1) is 0 Å². The SMILES string of the molecule is CC1CN(C(=O)C(C)NS(=O)(=O)c2ccc(F)cc2)CCO1. The van der Waals surface area contributed by atoms with Gasteiger partial charge in [0.25, 0.3) is 0 Å². The van der Waals surface area contributed by atoms with E-state index in [1.165, 1.54) is 6.92 Å². The number of nitrogens with one attached hydrogen (secondary N) is 1. The van der Waals surface area contributed by atoms with Crippen molar-refractivity contribution >= 4 is 15.9 Å². The maximum Gasteiger partial charge on any atom is 0.241 e. The zero-order valence-electron chi connectivity index (χ0n) is 12.5. The minimum absolute atomic E-state index is 0.0707. The minimum atomic E-state index is -3.87. The molecule has 1 aliphatic rings. The lowest BCUT2D eigenvalue weighted by Crippen LogP contribution is -2.52. The van der Waals surface area contributed by atoms with E-state index in [9.17, 15) is 17.6 Å². The van der Waals surface area contributed by atoms with Crippen molar-refractivity contribution in [2.24, 2.45) is 0 Å². The molecule has 1 saturated heterocycles. The Labute approximate surface area is 129 Å². The summed E-state index contributed by atoms with van der Waals surface area (Å²) in [5.74, 6) is -0.828. The Bertz CT molecular complexity index is 633. The van der Waals surface area contributed by atoms with E-state index in [2.05, 4.69) is 4.72 Å². The first kappa shape index (κ1) is 16.9. The van der Waals surface area contributed by atoms with E-state index in [0.29, 0.717) is 19.7 Å². The van der Waals surface area contributed by atoms with Crippen LogP contribution in [0.15, 0.2) is 29.2 Å². The predicted octanol–water partition coefficient (Wildman–Crippen LogP) is 0.740. The highest BCUT2D eigenvalue weighted by molar-refractivity contribution is 7.89. The molecule has 1 heterocycles. The zero-order chi connectivity index (χ0) is 16.3. The summed E-state index contributed by atoms with van der Waals surface area (Å²) in [7, 11) is -3.87. The highest BCUT2D eigenvalue weighted by atomic mass is 32.2. The lowest BCUT2D eigenvalue weighted by atomic mass is 10.2. The maximum atomic E-state index is 12.9. The average molecular weight is 330 g/mol. The summed E-state index contributed by atoms with van der Waals surface area (Å²) in [5.41, 5.74) is 0. The van der Waals surface area contributed by atoms with Crippen molar-refractivity contribution in [3.63, 3.8) is 0 Å². The van der Waals surface area contributed by atoms with Gasteiger partial charge >= 0.3 is 0 Å². The molecule has 1 amide bonds. The molecule has 2 atom stereocenters. The third kappa shape index (κ3) is 4.02. The molecular weight excluding hydrogens is 311 g/mol. The molecule has 1 N–H and O–H groups in total. The number of hydrogen-bond acceptors (Lipinski definition) is 4. The molecular formula is C14H19FN2O4S. The molecule has 0 radical (unpaired) electrons. The fourth-order valence-corrected chi connectivity index (χ4v) is 3.45. The molecule has 22 heavy (non-hydrogen) atoms. The van der Waals surface area contributed by atoms with Crippen molar-refractivity contribution in [1.29, 1.82) is 0 Å². The first-order valence-electron chi connectivity index (χ1n) is 6.98. The van der Waals surface area contributed by atoms with Gasteiger partial charge in [-0.25, -0.2) is 12.8 Å². The largest absolute Gasteiger partial charge is 0.375 e. The van der Waals surface area contributed by atoms with Gasteiger partial charge in [-0.05, 0) is 38.1 Å². The van der Waals surface area contributed by atoms with Crippen LogP contribution in [0.25, 0.3) is 0 Å². The van der Waals surface area contributed by atoms with Crippen LogP contribution in [0.3, 0.4) is 0 Å². The van der Waals surface area contributed by atoms with E-state index in [4.69, 9.17) is 4.74 Å². The molecule has 8 heteroatoms.